The van der Waals surface area contributed by atoms with Crippen LogP contribution in [0.1, 0.15) is 5.56 Å². The topological polar surface area (TPSA) is 25.2 Å². The normalized spacial score (nSPS) is 11.2. The molecule has 4 heteroatoms. The first-order valence-electron chi connectivity index (χ1n) is 6.30. The van der Waals surface area contributed by atoms with Gasteiger partial charge in [-0.1, -0.05) is 11.6 Å². The second kappa shape index (κ2) is 5.27. The Morgan fingerprint density at radius 1 is 1.15 bits per heavy atom. The zero-order chi connectivity index (χ0) is 14.1. The first-order chi connectivity index (χ1) is 9.67. The highest BCUT2D eigenvalue weighted by molar-refractivity contribution is 6.31. The van der Waals surface area contributed by atoms with E-state index in [4.69, 9.17) is 16.0 Å². The molecule has 20 heavy (non-hydrogen) atoms. The monoisotopic (exact) mass is 289 g/mol. The quantitative estimate of drug-likeness (QED) is 0.761. The molecule has 0 aliphatic heterocycles. The van der Waals surface area contributed by atoms with E-state index in [0.29, 0.717) is 22.9 Å². The molecule has 0 spiro atoms. The highest BCUT2D eigenvalue weighted by Gasteiger charge is 2.09. The van der Waals surface area contributed by atoms with Crippen LogP contribution in [-0.2, 0) is 6.54 Å². The van der Waals surface area contributed by atoms with Crippen LogP contribution in [-0.4, -0.2) is 7.05 Å². The van der Waals surface area contributed by atoms with Gasteiger partial charge in [0.25, 0.3) is 0 Å². The summed E-state index contributed by atoms with van der Waals surface area (Å²) in [5, 5.41) is 4.55. The van der Waals surface area contributed by atoms with Crippen LogP contribution in [0.4, 0.5) is 4.39 Å². The van der Waals surface area contributed by atoms with E-state index in [-0.39, 0.29) is 5.82 Å². The number of hydrogen-bond donors (Lipinski definition) is 1. The van der Waals surface area contributed by atoms with Crippen LogP contribution in [0.3, 0.4) is 0 Å². The van der Waals surface area contributed by atoms with Crippen molar-refractivity contribution in [3.63, 3.8) is 0 Å². The molecule has 0 aliphatic rings. The minimum atomic E-state index is -0.220. The van der Waals surface area contributed by atoms with Crippen molar-refractivity contribution in [3.8, 4) is 11.3 Å². The van der Waals surface area contributed by atoms with Crippen LogP contribution in [0.15, 0.2) is 46.9 Å². The second-order valence-electron chi connectivity index (χ2n) is 4.63. The molecule has 3 rings (SSSR count). The first kappa shape index (κ1) is 13.2. The summed E-state index contributed by atoms with van der Waals surface area (Å²) in [7, 11) is 1.79. The second-order valence-corrected chi connectivity index (χ2v) is 5.07. The Morgan fingerprint density at radius 2 is 2.00 bits per heavy atom. The SMILES string of the molecule is CNCc1cc(-c2cc3cc(Cl)ccc3o2)ccc1F. The van der Waals surface area contributed by atoms with Gasteiger partial charge >= 0.3 is 0 Å². The first-order valence-corrected chi connectivity index (χ1v) is 6.67. The molecular formula is C16H13ClFNO. The molecule has 0 aliphatic carbocycles. The van der Waals surface area contributed by atoms with Crippen LogP contribution >= 0.6 is 11.6 Å². The number of rotatable bonds is 3. The Bertz CT molecular complexity index is 766. The number of hydrogen-bond acceptors (Lipinski definition) is 2. The van der Waals surface area contributed by atoms with E-state index >= 15 is 0 Å². The predicted octanol–water partition coefficient (Wildman–Crippen LogP) is 4.61. The van der Waals surface area contributed by atoms with Crippen molar-refractivity contribution < 1.29 is 8.81 Å². The molecule has 0 fully saturated rings. The molecule has 2 aromatic carbocycles. The van der Waals surface area contributed by atoms with Crippen LogP contribution < -0.4 is 5.32 Å². The average molecular weight is 290 g/mol. The molecule has 102 valence electrons. The van der Waals surface area contributed by atoms with Crippen LogP contribution in [0.25, 0.3) is 22.3 Å². The maximum absolute atomic E-state index is 13.6. The Kier molecular flexibility index (Phi) is 3.47. The number of furan rings is 1. The summed E-state index contributed by atoms with van der Waals surface area (Å²) in [6, 6.07) is 12.4. The summed E-state index contributed by atoms with van der Waals surface area (Å²) >= 11 is 5.96. The zero-order valence-electron chi connectivity index (χ0n) is 10.9. The fraction of sp³-hybridized carbons (Fsp3) is 0.125. The fourth-order valence-corrected chi connectivity index (χ4v) is 2.39. The van der Waals surface area contributed by atoms with Gasteiger partial charge in [0.05, 0.1) is 0 Å². The molecule has 0 radical (unpaired) electrons. The van der Waals surface area contributed by atoms with Gasteiger partial charge in [0.2, 0.25) is 0 Å². The van der Waals surface area contributed by atoms with Crippen molar-refractivity contribution in [2.45, 2.75) is 6.54 Å². The summed E-state index contributed by atoms with van der Waals surface area (Å²) in [5.41, 5.74) is 2.23. The van der Waals surface area contributed by atoms with Crippen LogP contribution in [0.5, 0.6) is 0 Å². The van der Waals surface area contributed by atoms with E-state index in [1.165, 1.54) is 6.07 Å². The highest BCUT2D eigenvalue weighted by atomic mass is 35.5. The van der Waals surface area contributed by atoms with E-state index in [0.717, 1.165) is 16.5 Å². The van der Waals surface area contributed by atoms with Gasteiger partial charge in [-0.25, -0.2) is 4.39 Å². The van der Waals surface area contributed by atoms with E-state index in [2.05, 4.69) is 5.32 Å². The Labute approximate surface area is 121 Å². The van der Waals surface area contributed by atoms with Gasteiger partial charge in [-0.15, -0.1) is 0 Å². The lowest BCUT2D eigenvalue weighted by atomic mass is 10.1. The lowest BCUT2D eigenvalue weighted by molar-refractivity contribution is 0.599. The van der Waals surface area contributed by atoms with Crippen molar-refractivity contribution in [3.05, 3.63) is 58.9 Å². The van der Waals surface area contributed by atoms with Crippen molar-refractivity contribution in [2.75, 3.05) is 7.05 Å². The van der Waals surface area contributed by atoms with Gasteiger partial charge in [-0.2, -0.15) is 0 Å². The van der Waals surface area contributed by atoms with Crippen LogP contribution in [0, 0.1) is 5.82 Å². The number of benzene rings is 2. The minimum Gasteiger partial charge on any atom is -0.456 e. The molecule has 0 saturated heterocycles. The molecule has 3 aromatic rings. The van der Waals surface area contributed by atoms with E-state index in [9.17, 15) is 4.39 Å². The molecule has 2 nitrogen and oxygen atoms in total. The molecule has 0 unspecified atom stereocenters. The van der Waals surface area contributed by atoms with Crippen molar-refractivity contribution >= 4 is 22.6 Å². The van der Waals surface area contributed by atoms with Crippen molar-refractivity contribution in [1.29, 1.82) is 0 Å². The lowest BCUT2D eigenvalue weighted by Gasteiger charge is -2.04. The van der Waals surface area contributed by atoms with Crippen molar-refractivity contribution in [2.24, 2.45) is 0 Å². The number of nitrogens with one attached hydrogen (secondary N) is 1. The maximum atomic E-state index is 13.6. The van der Waals surface area contributed by atoms with Gasteiger partial charge in [-0.3, -0.25) is 0 Å². The molecule has 0 saturated carbocycles. The molecular weight excluding hydrogens is 277 g/mol. The zero-order valence-corrected chi connectivity index (χ0v) is 11.7. The van der Waals surface area contributed by atoms with Crippen molar-refractivity contribution in [1.82, 2.24) is 5.32 Å². The summed E-state index contributed by atoms with van der Waals surface area (Å²) in [6.07, 6.45) is 0. The lowest BCUT2D eigenvalue weighted by Crippen LogP contribution is -2.06. The third kappa shape index (κ3) is 2.42. The van der Waals surface area contributed by atoms with E-state index in [1.54, 1.807) is 25.2 Å². The van der Waals surface area contributed by atoms with Gasteiger partial charge in [0.1, 0.15) is 17.2 Å². The molecule has 1 heterocycles. The summed E-state index contributed by atoms with van der Waals surface area (Å²) in [6.45, 7) is 0.478. The van der Waals surface area contributed by atoms with Gasteiger partial charge in [-0.05, 0) is 49.5 Å². The maximum Gasteiger partial charge on any atom is 0.135 e. The molecule has 0 bridgehead atoms. The Hall–Kier alpha value is -1.84. The largest absolute Gasteiger partial charge is 0.456 e. The summed E-state index contributed by atoms with van der Waals surface area (Å²) < 4.78 is 19.4. The van der Waals surface area contributed by atoms with E-state index in [1.807, 2.05) is 18.2 Å². The summed E-state index contributed by atoms with van der Waals surface area (Å²) in [4.78, 5) is 0. The highest BCUT2D eigenvalue weighted by Crippen LogP contribution is 2.30. The fourth-order valence-electron chi connectivity index (χ4n) is 2.21. The van der Waals surface area contributed by atoms with Gasteiger partial charge in [0.15, 0.2) is 0 Å². The Balaban J connectivity index is 2.08. The van der Waals surface area contributed by atoms with E-state index < -0.39 is 0 Å². The standard InChI is InChI=1S/C16H13ClFNO/c1-19-9-12-6-10(2-4-14(12)18)16-8-11-7-13(17)3-5-15(11)20-16/h2-8,19H,9H2,1H3. The smallest absolute Gasteiger partial charge is 0.135 e. The Morgan fingerprint density at radius 3 is 2.80 bits per heavy atom. The number of fused-ring (bicyclic) bond motifs is 1. The van der Waals surface area contributed by atoms with Gasteiger partial charge < -0.3 is 9.73 Å². The third-order valence-electron chi connectivity index (χ3n) is 3.18. The molecule has 1 N–H and O–H groups in total. The number of halogens is 2. The minimum absolute atomic E-state index is 0.220. The van der Waals surface area contributed by atoms with Gasteiger partial charge in [0, 0.05) is 28.1 Å². The average Bonchev–Trinajstić information content (AvgIpc) is 2.84. The molecule has 0 amide bonds. The van der Waals surface area contributed by atoms with Crippen LogP contribution in [0.2, 0.25) is 5.02 Å². The summed E-state index contributed by atoms with van der Waals surface area (Å²) in [5.74, 6) is 0.488. The molecule has 0 atom stereocenters. The molecule has 1 aromatic heterocycles. The third-order valence-corrected chi connectivity index (χ3v) is 3.41. The predicted molar refractivity (Wildman–Crippen MR) is 79.4 cm³/mol.